The number of benzene rings is 2. The van der Waals surface area contributed by atoms with E-state index in [4.69, 9.17) is 19.5 Å². The Morgan fingerprint density at radius 1 is 1.24 bits per heavy atom. The summed E-state index contributed by atoms with van der Waals surface area (Å²) in [6, 6.07) is 16.3. The van der Waals surface area contributed by atoms with Gasteiger partial charge in [-0.3, -0.25) is 0 Å². The Balaban J connectivity index is 1.62. The minimum absolute atomic E-state index is 0.193. The van der Waals surface area contributed by atoms with Gasteiger partial charge in [-0.05, 0) is 30.2 Å². The Labute approximate surface area is 148 Å². The van der Waals surface area contributed by atoms with Gasteiger partial charge in [0.1, 0.15) is 12.4 Å². The topological polar surface area (TPSA) is 63.5 Å². The number of rotatable bonds is 8. The fraction of sp³-hybridized carbons (Fsp3) is 0.350. The van der Waals surface area contributed by atoms with E-state index in [0.717, 1.165) is 11.3 Å². The molecule has 3 rings (SSSR count). The molecular formula is C20H22N2O3. The molecule has 1 atom stereocenters. The van der Waals surface area contributed by atoms with Crippen LogP contribution in [-0.2, 0) is 6.54 Å². The van der Waals surface area contributed by atoms with Crippen molar-refractivity contribution in [2.75, 3.05) is 20.3 Å². The van der Waals surface area contributed by atoms with Gasteiger partial charge < -0.3 is 19.5 Å². The Morgan fingerprint density at radius 2 is 2.12 bits per heavy atom. The molecule has 0 aromatic heterocycles. The molecule has 25 heavy (non-hydrogen) atoms. The van der Waals surface area contributed by atoms with Gasteiger partial charge in [-0.2, -0.15) is 5.26 Å². The van der Waals surface area contributed by atoms with Crippen molar-refractivity contribution < 1.29 is 14.2 Å². The van der Waals surface area contributed by atoms with E-state index in [1.807, 2.05) is 36.4 Å². The number of para-hydroxylation sites is 1. The van der Waals surface area contributed by atoms with E-state index < -0.39 is 0 Å². The molecule has 1 N–H and O–H groups in total. The number of nitrogens with one attached hydrogen (secondary N) is 1. The summed E-state index contributed by atoms with van der Waals surface area (Å²) in [5.74, 6) is 2.37. The highest BCUT2D eigenvalue weighted by Gasteiger charge is 2.22. The van der Waals surface area contributed by atoms with Gasteiger partial charge in [0.15, 0.2) is 11.5 Å². The Kier molecular flexibility index (Phi) is 5.76. The van der Waals surface area contributed by atoms with E-state index >= 15 is 0 Å². The van der Waals surface area contributed by atoms with E-state index in [1.165, 1.54) is 5.56 Å². The van der Waals surface area contributed by atoms with Crippen LogP contribution in [0.5, 0.6) is 17.2 Å². The summed E-state index contributed by atoms with van der Waals surface area (Å²) in [7, 11) is 1.63. The van der Waals surface area contributed by atoms with Crippen LogP contribution in [0, 0.1) is 11.3 Å². The van der Waals surface area contributed by atoms with Crippen molar-refractivity contribution >= 4 is 0 Å². The van der Waals surface area contributed by atoms with Crippen molar-refractivity contribution in [3.05, 3.63) is 53.6 Å². The summed E-state index contributed by atoms with van der Waals surface area (Å²) in [5.41, 5.74) is 2.31. The van der Waals surface area contributed by atoms with Gasteiger partial charge in [0.2, 0.25) is 0 Å². The van der Waals surface area contributed by atoms with E-state index in [9.17, 15) is 0 Å². The summed E-state index contributed by atoms with van der Waals surface area (Å²) in [5, 5.41) is 12.1. The molecule has 130 valence electrons. The number of unbranched alkanes of at least 4 members (excludes halogenated alkanes) is 1. The largest absolute Gasteiger partial charge is 0.493 e. The fourth-order valence-electron chi connectivity index (χ4n) is 2.85. The zero-order valence-electron chi connectivity index (χ0n) is 14.3. The maximum atomic E-state index is 8.60. The maximum Gasteiger partial charge on any atom is 0.161 e. The first-order valence-electron chi connectivity index (χ1n) is 8.43. The van der Waals surface area contributed by atoms with Crippen LogP contribution in [0.4, 0.5) is 0 Å². The van der Waals surface area contributed by atoms with Crippen LogP contribution in [0.25, 0.3) is 0 Å². The molecule has 0 fully saturated rings. The molecule has 0 saturated heterocycles. The molecule has 0 aliphatic carbocycles. The first-order chi connectivity index (χ1) is 12.3. The molecule has 0 amide bonds. The lowest BCUT2D eigenvalue weighted by Crippen LogP contribution is -2.22. The zero-order valence-corrected chi connectivity index (χ0v) is 14.3. The van der Waals surface area contributed by atoms with Gasteiger partial charge in [-0.25, -0.2) is 0 Å². The molecule has 5 nitrogen and oxygen atoms in total. The van der Waals surface area contributed by atoms with E-state index in [1.54, 1.807) is 7.11 Å². The molecule has 1 aliphatic rings. The van der Waals surface area contributed by atoms with E-state index in [0.29, 0.717) is 44.1 Å². The second kappa shape index (κ2) is 8.41. The lowest BCUT2D eigenvalue weighted by molar-refractivity contribution is 0.290. The molecular weight excluding hydrogens is 316 g/mol. The van der Waals surface area contributed by atoms with E-state index in [-0.39, 0.29) is 6.04 Å². The minimum Gasteiger partial charge on any atom is -0.493 e. The number of hydrogen-bond donors (Lipinski definition) is 1. The Morgan fingerprint density at radius 3 is 2.96 bits per heavy atom. The first kappa shape index (κ1) is 17.1. The average Bonchev–Trinajstić information content (AvgIpc) is 3.07. The number of nitrogens with zero attached hydrogens (tertiary/aromatic N) is 1. The van der Waals surface area contributed by atoms with E-state index in [2.05, 4.69) is 17.5 Å². The van der Waals surface area contributed by atoms with Crippen LogP contribution in [0.2, 0.25) is 0 Å². The summed E-state index contributed by atoms with van der Waals surface area (Å²) in [6.45, 7) is 1.86. The molecule has 1 heterocycles. The van der Waals surface area contributed by atoms with Crippen molar-refractivity contribution in [3.63, 3.8) is 0 Å². The highest BCUT2D eigenvalue weighted by atomic mass is 16.5. The molecule has 0 saturated carbocycles. The Bertz CT molecular complexity index is 755. The van der Waals surface area contributed by atoms with Gasteiger partial charge in [0.05, 0.1) is 25.8 Å². The second-order valence-corrected chi connectivity index (χ2v) is 5.88. The summed E-state index contributed by atoms with van der Waals surface area (Å²) in [6.07, 6.45) is 1.20. The number of methoxy groups -OCH3 is 1. The maximum absolute atomic E-state index is 8.60. The third kappa shape index (κ3) is 4.23. The fourth-order valence-corrected chi connectivity index (χ4v) is 2.85. The van der Waals surface area contributed by atoms with Gasteiger partial charge >= 0.3 is 0 Å². The van der Waals surface area contributed by atoms with Crippen molar-refractivity contribution in [2.24, 2.45) is 0 Å². The summed E-state index contributed by atoms with van der Waals surface area (Å²) in [4.78, 5) is 0. The predicted octanol–water partition coefficient (Wildman–Crippen LogP) is 3.60. The lowest BCUT2D eigenvalue weighted by Gasteiger charge is -2.14. The quantitative estimate of drug-likeness (QED) is 0.745. The summed E-state index contributed by atoms with van der Waals surface area (Å²) >= 11 is 0. The number of nitriles is 1. The monoisotopic (exact) mass is 338 g/mol. The molecule has 0 bridgehead atoms. The molecule has 0 unspecified atom stereocenters. The van der Waals surface area contributed by atoms with Crippen LogP contribution in [0.1, 0.15) is 30.0 Å². The normalized spacial score (nSPS) is 15.1. The zero-order chi connectivity index (χ0) is 17.5. The standard InChI is InChI=1S/C20H22N2O3/c1-23-19-9-8-15(12-20(19)24-11-5-4-10-21)13-22-17-14-25-18-7-3-2-6-16(17)18/h2-3,6-9,12,17,22H,4-5,11,13-14H2,1H3/t17-/m1/s1. The number of ether oxygens (including phenoxy) is 3. The molecule has 2 aromatic rings. The third-order valence-electron chi connectivity index (χ3n) is 4.17. The van der Waals surface area contributed by atoms with Crippen LogP contribution >= 0.6 is 0 Å². The van der Waals surface area contributed by atoms with Crippen molar-refractivity contribution in [1.82, 2.24) is 5.32 Å². The molecule has 1 aliphatic heterocycles. The second-order valence-electron chi connectivity index (χ2n) is 5.88. The molecule has 5 heteroatoms. The lowest BCUT2D eigenvalue weighted by atomic mass is 10.1. The summed E-state index contributed by atoms with van der Waals surface area (Å²) < 4.78 is 16.8. The van der Waals surface area contributed by atoms with Gasteiger partial charge in [-0.15, -0.1) is 0 Å². The van der Waals surface area contributed by atoms with Crippen molar-refractivity contribution in [3.8, 4) is 23.3 Å². The van der Waals surface area contributed by atoms with Gasteiger partial charge in [-0.1, -0.05) is 24.3 Å². The highest BCUT2D eigenvalue weighted by molar-refractivity contribution is 5.43. The minimum atomic E-state index is 0.193. The van der Waals surface area contributed by atoms with Gasteiger partial charge in [0, 0.05) is 18.5 Å². The van der Waals surface area contributed by atoms with Crippen LogP contribution in [0.15, 0.2) is 42.5 Å². The molecule has 0 radical (unpaired) electrons. The SMILES string of the molecule is COc1ccc(CN[C@@H]2COc3ccccc32)cc1OCCCC#N. The predicted molar refractivity (Wildman–Crippen MR) is 94.9 cm³/mol. The van der Waals surface area contributed by atoms with Crippen molar-refractivity contribution in [2.45, 2.75) is 25.4 Å². The average molecular weight is 338 g/mol. The smallest absolute Gasteiger partial charge is 0.161 e. The third-order valence-corrected chi connectivity index (χ3v) is 4.17. The van der Waals surface area contributed by atoms with Crippen LogP contribution in [0.3, 0.4) is 0 Å². The molecule has 0 spiro atoms. The van der Waals surface area contributed by atoms with Crippen LogP contribution < -0.4 is 19.5 Å². The van der Waals surface area contributed by atoms with Gasteiger partial charge in [0.25, 0.3) is 0 Å². The van der Waals surface area contributed by atoms with Crippen molar-refractivity contribution in [1.29, 1.82) is 5.26 Å². The molecule has 2 aromatic carbocycles. The highest BCUT2D eigenvalue weighted by Crippen LogP contribution is 2.32. The number of fused-ring (bicyclic) bond motifs is 1. The van der Waals surface area contributed by atoms with Crippen LogP contribution in [-0.4, -0.2) is 20.3 Å². The first-order valence-corrected chi connectivity index (χ1v) is 8.43. The number of hydrogen-bond acceptors (Lipinski definition) is 5. The Hall–Kier alpha value is -2.71.